The Morgan fingerprint density at radius 2 is 2.27 bits per heavy atom. The Labute approximate surface area is 90.1 Å². The van der Waals surface area contributed by atoms with E-state index in [0.29, 0.717) is 11.7 Å². The van der Waals surface area contributed by atoms with Crippen molar-refractivity contribution in [1.82, 2.24) is 4.90 Å². The van der Waals surface area contributed by atoms with E-state index < -0.39 is 0 Å². The maximum atomic E-state index is 13.4. The summed E-state index contributed by atoms with van der Waals surface area (Å²) >= 11 is 0. The number of likely N-dealkylation sites (N-methyl/N-ethyl adjacent to an activating group) is 1. The molecule has 1 heterocycles. The minimum absolute atomic E-state index is 0.157. The molecule has 1 aliphatic heterocycles. The van der Waals surface area contributed by atoms with E-state index >= 15 is 0 Å². The third-order valence-corrected chi connectivity index (χ3v) is 2.87. The molecule has 15 heavy (non-hydrogen) atoms. The fourth-order valence-corrected chi connectivity index (χ4v) is 2.02. The van der Waals surface area contributed by atoms with Gasteiger partial charge >= 0.3 is 0 Å². The van der Waals surface area contributed by atoms with Crippen molar-refractivity contribution in [3.8, 4) is 0 Å². The van der Waals surface area contributed by atoms with E-state index in [2.05, 4.69) is 17.3 Å². The van der Waals surface area contributed by atoms with Crippen LogP contribution < -0.4 is 5.32 Å². The quantitative estimate of drug-likeness (QED) is 0.802. The van der Waals surface area contributed by atoms with E-state index in [4.69, 9.17) is 0 Å². The molecular weight excluding hydrogens is 191 g/mol. The highest BCUT2D eigenvalue weighted by Crippen LogP contribution is 2.19. The molecule has 3 heteroatoms. The average molecular weight is 208 g/mol. The largest absolute Gasteiger partial charge is 0.379 e. The summed E-state index contributed by atoms with van der Waals surface area (Å²) in [5.74, 6) is -0.157. The number of benzene rings is 1. The van der Waals surface area contributed by atoms with Crippen molar-refractivity contribution >= 4 is 5.69 Å². The van der Waals surface area contributed by atoms with Crippen LogP contribution in [-0.4, -0.2) is 31.1 Å². The van der Waals surface area contributed by atoms with Gasteiger partial charge in [0.15, 0.2) is 0 Å². The van der Waals surface area contributed by atoms with Gasteiger partial charge in [0.2, 0.25) is 0 Å². The predicted octanol–water partition coefficient (Wildman–Crippen LogP) is 2.25. The van der Waals surface area contributed by atoms with Crippen molar-refractivity contribution < 1.29 is 4.39 Å². The highest BCUT2D eigenvalue weighted by Gasteiger charge is 2.19. The second-order valence-electron chi connectivity index (χ2n) is 4.38. The second kappa shape index (κ2) is 4.19. The lowest BCUT2D eigenvalue weighted by molar-refractivity contribution is 0.414. The molecule has 1 aromatic carbocycles. The molecule has 0 aromatic heterocycles. The average Bonchev–Trinajstić information content (AvgIpc) is 2.58. The van der Waals surface area contributed by atoms with Crippen molar-refractivity contribution in [2.24, 2.45) is 0 Å². The summed E-state index contributed by atoms with van der Waals surface area (Å²) in [7, 11) is 2.09. The maximum absolute atomic E-state index is 13.4. The summed E-state index contributed by atoms with van der Waals surface area (Å²) in [6.07, 6.45) is 1.09. The molecule has 0 aliphatic carbocycles. The number of hydrogen-bond acceptors (Lipinski definition) is 2. The normalized spacial score (nSPS) is 21.9. The molecule has 1 unspecified atom stereocenters. The number of halogens is 1. The number of rotatable bonds is 2. The first-order valence-electron chi connectivity index (χ1n) is 5.36. The molecule has 1 aromatic rings. The lowest BCUT2D eigenvalue weighted by Gasteiger charge is -2.15. The summed E-state index contributed by atoms with van der Waals surface area (Å²) in [4.78, 5) is 2.26. The molecule has 82 valence electrons. The third kappa shape index (κ3) is 2.48. The molecule has 0 radical (unpaired) electrons. The smallest absolute Gasteiger partial charge is 0.146 e. The van der Waals surface area contributed by atoms with Crippen molar-refractivity contribution in [2.75, 3.05) is 25.5 Å². The zero-order chi connectivity index (χ0) is 10.8. The molecular formula is C12H17FN2. The Bertz CT molecular complexity index is 351. The van der Waals surface area contributed by atoms with Crippen LogP contribution in [0.15, 0.2) is 18.2 Å². The molecule has 0 saturated carbocycles. The molecule has 1 N–H and O–H groups in total. The van der Waals surface area contributed by atoms with E-state index in [-0.39, 0.29) is 5.82 Å². The Morgan fingerprint density at radius 1 is 1.47 bits per heavy atom. The van der Waals surface area contributed by atoms with Crippen molar-refractivity contribution in [1.29, 1.82) is 0 Å². The number of nitrogens with zero attached hydrogens (tertiary/aromatic N) is 1. The minimum atomic E-state index is -0.157. The zero-order valence-electron chi connectivity index (χ0n) is 9.26. The van der Waals surface area contributed by atoms with Crippen LogP contribution in [0.5, 0.6) is 0 Å². The van der Waals surface area contributed by atoms with Crippen LogP contribution >= 0.6 is 0 Å². The Balaban J connectivity index is 2.07. The molecule has 1 saturated heterocycles. The number of nitrogens with one attached hydrogen (secondary N) is 1. The number of anilines is 1. The van der Waals surface area contributed by atoms with Gasteiger partial charge in [0.1, 0.15) is 5.82 Å². The molecule has 1 aliphatic rings. The topological polar surface area (TPSA) is 15.3 Å². The Kier molecular flexibility index (Phi) is 2.91. The Hall–Kier alpha value is -1.09. The molecule has 1 fully saturated rings. The third-order valence-electron chi connectivity index (χ3n) is 2.87. The number of hydrogen-bond donors (Lipinski definition) is 1. The van der Waals surface area contributed by atoms with Crippen LogP contribution in [0.4, 0.5) is 10.1 Å². The minimum Gasteiger partial charge on any atom is -0.379 e. The van der Waals surface area contributed by atoms with Gasteiger partial charge in [0.05, 0.1) is 5.69 Å². The summed E-state index contributed by atoms with van der Waals surface area (Å²) in [5, 5.41) is 3.26. The van der Waals surface area contributed by atoms with Crippen molar-refractivity contribution in [3.63, 3.8) is 0 Å². The van der Waals surface area contributed by atoms with E-state index in [1.54, 1.807) is 6.07 Å². The second-order valence-corrected chi connectivity index (χ2v) is 4.38. The number of aryl methyl sites for hydroxylation is 1. The first kappa shape index (κ1) is 10.4. The summed E-state index contributed by atoms with van der Waals surface area (Å²) in [6, 6.07) is 5.57. The van der Waals surface area contributed by atoms with Crippen LogP contribution in [0, 0.1) is 12.7 Å². The lowest BCUT2D eigenvalue weighted by atomic mass is 10.2. The van der Waals surface area contributed by atoms with Crippen molar-refractivity contribution in [3.05, 3.63) is 29.6 Å². The van der Waals surface area contributed by atoms with E-state index in [9.17, 15) is 4.39 Å². The molecule has 1 atom stereocenters. The van der Waals surface area contributed by atoms with Gasteiger partial charge in [-0.2, -0.15) is 0 Å². The van der Waals surface area contributed by atoms with Crippen LogP contribution in [0.25, 0.3) is 0 Å². The fourth-order valence-electron chi connectivity index (χ4n) is 2.02. The van der Waals surface area contributed by atoms with Crippen LogP contribution in [0.2, 0.25) is 0 Å². The van der Waals surface area contributed by atoms with Gasteiger partial charge in [-0.25, -0.2) is 4.39 Å². The van der Waals surface area contributed by atoms with Crippen LogP contribution in [-0.2, 0) is 0 Å². The summed E-state index contributed by atoms with van der Waals surface area (Å²) < 4.78 is 13.4. The highest BCUT2D eigenvalue weighted by atomic mass is 19.1. The van der Waals surface area contributed by atoms with Crippen molar-refractivity contribution in [2.45, 2.75) is 19.4 Å². The van der Waals surface area contributed by atoms with Crippen LogP contribution in [0.1, 0.15) is 12.0 Å². The summed E-state index contributed by atoms with van der Waals surface area (Å²) in [5.41, 5.74) is 1.72. The first-order chi connectivity index (χ1) is 7.15. The molecule has 0 bridgehead atoms. The van der Waals surface area contributed by atoms with Gasteiger partial charge in [-0.15, -0.1) is 0 Å². The first-order valence-corrected chi connectivity index (χ1v) is 5.36. The fraction of sp³-hybridized carbons (Fsp3) is 0.500. The molecule has 0 spiro atoms. The monoisotopic (exact) mass is 208 g/mol. The van der Waals surface area contributed by atoms with Gasteiger partial charge in [0, 0.05) is 12.6 Å². The zero-order valence-corrected chi connectivity index (χ0v) is 9.26. The van der Waals surface area contributed by atoms with Gasteiger partial charge < -0.3 is 10.2 Å². The number of likely N-dealkylation sites (tertiary alicyclic amines) is 1. The molecule has 0 amide bonds. The van der Waals surface area contributed by atoms with Gasteiger partial charge in [-0.3, -0.25) is 0 Å². The van der Waals surface area contributed by atoms with E-state index in [1.807, 2.05) is 13.0 Å². The highest BCUT2D eigenvalue weighted by molar-refractivity contribution is 5.48. The van der Waals surface area contributed by atoms with Gasteiger partial charge in [-0.05, 0) is 44.6 Å². The maximum Gasteiger partial charge on any atom is 0.146 e. The van der Waals surface area contributed by atoms with E-state index in [1.165, 1.54) is 6.07 Å². The molecule has 2 nitrogen and oxygen atoms in total. The summed E-state index contributed by atoms with van der Waals surface area (Å²) in [6.45, 7) is 4.06. The standard InChI is InChI=1S/C12H17FN2/c1-9-3-4-11(13)12(7-9)14-10-5-6-15(2)8-10/h3-4,7,10,14H,5-6,8H2,1-2H3. The van der Waals surface area contributed by atoms with E-state index in [0.717, 1.165) is 25.1 Å². The lowest BCUT2D eigenvalue weighted by Crippen LogP contribution is -2.24. The van der Waals surface area contributed by atoms with Gasteiger partial charge in [0.25, 0.3) is 0 Å². The van der Waals surface area contributed by atoms with Gasteiger partial charge in [-0.1, -0.05) is 6.07 Å². The molecule has 2 rings (SSSR count). The predicted molar refractivity (Wildman–Crippen MR) is 60.7 cm³/mol. The van der Waals surface area contributed by atoms with Crippen LogP contribution in [0.3, 0.4) is 0 Å². The Morgan fingerprint density at radius 3 is 2.93 bits per heavy atom. The SMILES string of the molecule is Cc1ccc(F)c(NC2CCN(C)C2)c1.